The van der Waals surface area contributed by atoms with E-state index in [2.05, 4.69) is 16.9 Å². The summed E-state index contributed by atoms with van der Waals surface area (Å²) in [5, 5.41) is 0. The number of pyridine rings is 1. The molecule has 2 heterocycles. The van der Waals surface area contributed by atoms with E-state index in [1.165, 1.54) is 25.8 Å². The van der Waals surface area contributed by atoms with E-state index in [1.807, 2.05) is 0 Å². The van der Waals surface area contributed by atoms with Crippen LogP contribution in [0.15, 0.2) is 12.3 Å². The second kappa shape index (κ2) is 5.31. The highest BCUT2D eigenvalue weighted by Crippen LogP contribution is 2.22. The van der Waals surface area contributed by atoms with Crippen molar-refractivity contribution in [2.24, 2.45) is 0 Å². The summed E-state index contributed by atoms with van der Waals surface area (Å²) in [5.74, 6) is 0.0451. The number of likely N-dealkylation sites (tertiary alicyclic amines) is 1. The van der Waals surface area contributed by atoms with Crippen molar-refractivity contribution in [3.05, 3.63) is 18.2 Å². The van der Waals surface area contributed by atoms with E-state index < -0.39 is 5.95 Å². The van der Waals surface area contributed by atoms with Crippen LogP contribution in [0.1, 0.15) is 12.8 Å². The molecule has 1 fully saturated rings. The van der Waals surface area contributed by atoms with Gasteiger partial charge in [-0.2, -0.15) is 4.39 Å². The molecule has 0 amide bonds. The first kappa shape index (κ1) is 12.1. The molecule has 5 heteroatoms. The number of methoxy groups -OCH3 is 1. The number of rotatable bonds is 4. The number of halogens is 1. The van der Waals surface area contributed by atoms with E-state index >= 15 is 0 Å². The molecular weight excluding hydrogens is 223 g/mol. The lowest BCUT2D eigenvalue weighted by Gasteiger charge is -2.19. The van der Waals surface area contributed by atoms with E-state index in [9.17, 15) is 4.39 Å². The number of aromatic nitrogens is 1. The van der Waals surface area contributed by atoms with Crippen molar-refractivity contribution >= 4 is 0 Å². The van der Waals surface area contributed by atoms with Crippen LogP contribution in [0.3, 0.4) is 0 Å². The number of hydrogen-bond donors (Lipinski definition) is 0. The van der Waals surface area contributed by atoms with Crippen LogP contribution in [0.2, 0.25) is 0 Å². The fraction of sp³-hybridized carbons (Fsp3) is 0.583. The maximum Gasteiger partial charge on any atom is 0.255 e. The molecule has 1 aliphatic rings. The first-order chi connectivity index (χ1) is 8.20. The molecule has 94 valence electrons. The maximum atomic E-state index is 13.1. The molecule has 0 saturated carbocycles. The quantitative estimate of drug-likeness (QED) is 0.750. The monoisotopic (exact) mass is 240 g/mol. The molecule has 0 aromatic carbocycles. The lowest BCUT2D eigenvalue weighted by molar-refractivity contribution is 0.197. The van der Waals surface area contributed by atoms with Crippen molar-refractivity contribution < 1.29 is 13.9 Å². The summed E-state index contributed by atoms with van der Waals surface area (Å²) in [7, 11) is 3.50. The molecule has 1 aliphatic heterocycles. The lowest BCUT2D eigenvalue weighted by Crippen LogP contribution is -2.30. The Balaban J connectivity index is 1.94. The van der Waals surface area contributed by atoms with Gasteiger partial charge < -0.3 is 14.4 Å². The molecule has 4 nitrogen and oxygen atoms in total. The molecule has 0 bridgehead atoms. The van der Waals surface area contributed by atoms with E-state index in [0.29, 0.717) is 18.4 Å². The Kier molecular flexibility index (Phi) is 3.78. The molecule has 0 N–H and O–H groups in total. The van der Waals surface area contributed by atoms with Crippen LogP contribution in [0.5, 0.6) is 11.5 Å². The maximum absolute atomic E-state index is 13.1. The molecule has 1 aromatic rings. The van der Waals surface area contributed by atoms with Crippen LogP contribution in [0.25, 0.3) is 0 Å². The average Bonchev–Trinajstić information content (AvgIpc) is 2.74. The van der Waals surface area contributed by atoms with Crippen molar-refractivity contribution in [1.82, 2.24) is 9.88 Å². The summed E-state index contributed by atoms with van der Waals surface area (Å²) in [4.78, 5) is 5.86. The van der Waals surface area contributed by atoms with Crippen molar-refractivity contribution in [1.29, 1.82) is 0 Å². The Morgan fingerprint density at radius 3 is 3.06 bits per heavy atom. The molecule has 1 saturated heterocycles. The van der Waals surface area contributed by atoms with Gasteiger partial charge >= 0.3 is 0 Å². The minimum atomic E-state index is -0.613. The zero-order valence-corrected chi connectivity index (χ0v) is 10.1. The topological polar surface area (TPSA) is 34.6 Å². The van der Waals surface area contributed by atoms with Crippen LogP contribution in [0, 0.1) is 5.95 Å². The van der Waals surface area contributed by atoms with E-state index in [0.717, 1.165) is 13.0 Å². The SMILES string of the molecule is COc1cc(OC[C@@H]2CCCN2C)cnc1F. The summed E-state index contributed by atoms with van der Waals surface area (Å²) < 4.78 is 23.5. The zero-order valence-electron chi connectivity index (χ0n) is 10.1. The van der Waals surface area contributed by atoms with Gasteiger partial charge in [-0.05, 0) is 26.4 Å². The highest BCUT2D eigenvalue weighted by Gasteiger charge is 2.21. The van der Waals surface area contributed by atoms with E-state index in [-0.39, 0.29) is 5.75 Å². The van der Waals surface area contributed by atoms with Gasteiger partial charge in [0, 0.05) is 12.1 Å². The average molecular weight is 240 g/mol. The lowest BCUT2D eigenvalue weighted by atomic mass is 10.2. The van der Waals surface area contributed by atoms with Gasteiger partial charge in [0.05, 0.1) is 13.3 Å². The number of likely N-dealkylation sites (N-methyl/N-ethyl adjacent to an activating group) is 1. The molecule has 2 rings (SSSR count). The molecule has 1 atom stereocenters. The second-order valence-corrected chi connectivity index (χ2v) is 4.25. The summed E-state index contributed by atoms with van der Waals surface area (Å²) in [6, 6.07) is 1.96. The molecular formula is C12H17FN2O2. The summed E-state index contributed by atoms with van der Waals surface area (Å²) in [6.07, 6.45) is 3.73. The fourth-order valence-electron chi connectivity index (χ4n) is 2.01. The van der Waals surface area contributed by atoms with Gasteiger partial charge in [0.2, 0.25) is 0 Å². The smallest absolute Gasteiger partial charge is 0.255 e. The number of hydrogen-bond acceptors (Lipinski definition) is 4. The minimum Gasteiger partial charge on any atom is -0.492 e. The van der Waals surface area contributed by atoms with Gasteiger partial charge in [0.15, 0.2) is 5.75 Å². The third-order valence-corrected chi connectivity index (χ3v) is 3.12. The van der Waals surface area contributed by atoms with Crippen molar-refractivity contribution in [3.63, 3.8) is 0 Å². The Bertz CT molecular complexity index is 387. The van der Waals surface area contributed by atoms with Crippen molar-refractivity contribution in [2.75, 3.05) is 27.3 Å². The third kappa shape index (κ3) is 2.85. The molecule has 0 unspecified atom stereocenters. The highest BCUT2D eigenvalue weighted by atomic mass is 19.1. The number of nitrogens with zero attached hydrogens (tertiary/aromatic N) is 2. The summed E-state index contributed by atoms with van der Waals surface area (Å²) >= 11 is 0. The molecule has 0 aliphatic carbocycles. The predicted molar refractivity (Wildman–Crippen MR) is 61.9 cm³/mol. The molecule has 17 heavy (non-hydrogen) atoms. The fourth-order valence-corrected chi connectivity index (χ4v) is 2.01. The molecule has 0 spiro atoms. The van der Waals surface area contributed by atoms with Crippen LogP contribution >= 0.6 is 0 Å². The minimum absolute atomic E-state index is 0.113. The van der Waals surface area contributed by atoms with E-state index in [4.69, 9.17) is 9.47 Å². The summed E-state index contributed by atoms with van der Waals surface area (Å²) in [6.45, 7) is 1.71. The first-order valence-electron chi connectivity index (χ1n) is 5.73. The molecule has 1 aromatic heterocycles. The largest absolute Gasteiger partial charge is 0.492 e. The van der Waals surface area contributed by atoms with Gasteiger partial charge in [-0.25, -0.2) is 4.98 Å². The van der Waals surface area contributed by atoms with Crippen LogP contribution in [0.4, 0.5) is 4.39 Å². The Labute approximate surface area is 100 Å². The standard InChI is InChI=1S/C12H17FN2O2/c1-15-5-3-4-9(15)8-17-10-6-11(16-2)12(13)14-7-10/h6-7,9H,3-5,8H2,1-2H3/t9-/m0/s1. The van der Waals surface area contributed by atoms with Gasteiger partial charge in [0.25, 0.3) is 5.95 Å². The normalized spacial score (nSPS) is 20.5. The summed E-state index contributed by atoms with van der Waals surface area (Å²) in [5.41, 5.74) is 0. The van der Waals surface area contributed by atoms with Crippen molar-refractivity contribution in [3.8, 4) is 11.5 Å². The van der Waals surface area contributed by atoms with Gasteiger partial charge in [0.1, 0.15) is 12.4 Å². The Hall–Kier alpha value is -1.36. The Morgan fingerprint density at radius 2 is 2.41 bits per heavy atom. The van der Waals surface area contributed by atoms with Crippen LogP contribution < -0.4 is 9.47 Å². The first-order valence-corrected chi connectivity index (χ1v) is 5.73. The Morgan fingerprint density at radius 1 is 1.59 bits per heavy atom. The van der Waals surface area contributed by atoms with Gasteiger partial charge in [-0.1, -0.05) is 0 Å². The highest BCUT2D eigenvalue weighted by molar-refractivity contribution is 5.29. The van der Waals surface area contributed by atoms with Gasteiger partial charge in [-0.3, -0.25) is 0 Å². The van der Waals surface area contributed by atoms with Gasteiger partial charge in [-0.15, -0.1) is 0 Å². The zero-order chi connectivity index (χ0) is 12.3. The predicted octanol–water partition coefficient (Wildman–Crippen LogP) is 1.70. The van der Waals surface area contributed by atoms with Crippen LogP contribution in [-0.4, -0.2) is 43.2 Å². The second-order valence-electron chi connectivity index (χ2n) is 4.25. The third-order valence-electron chi connectivity index (χ3n) is 3.12. The van der Waals surface area contributed by atoms with Crippen molar-refractivity contribution in [2.45, 2.75) is 18.9 Å². The molecule has 0 radical (unpaired) electrons. The van der Waals surface area contributed by atoms with E-state index in [1.54, 1.807) is 0 Å². The van der Waals surface area contributed by atoms with Crippen LogP contribution in [-0.2, 0) is 0 Å². The number of ether oxygens (including phenoxy) is 2.